The summed E-state index contributed by atoms with van der Waals surface area (Å²) in [5.41, 5.74) is 0.908. The molecule has 1 aliphatic heterocycles. The first-order chi connectivity index (χ1) is 13.1. The maximum atomic E-state index is 12.8. The van der Waals surface area contributed by atoms with Crippen molar-refractivity contribution in [3.8, 4) is 17.1 Å². The Balaban J connectivity index is 1.76. The van der Waals surface area contributed by atoms with Crippen molar-refractivity contribution >= 4 is 17.7 Å². The number of benzene rings is 1. The fourth-order valence-electron chi connectivity index (χ4n) is 3.82. The highest BCUT2D eigenvalue weighted by Gasteiger charge is 2.29. The first-order valence-corrected chi connectivity index (χ1v) is 10.6. The fourth-order valence-corrected chi connectivity index (χ4v) is 4.69. The summed E-state index contributed by atoms with van der Waals surface area (Å²) in [6.45, 7) is 7.08. The third-order valence-corrected chi connectivity index (χ3v) is 6.14. The van der Waals surface area contributed by atoms with Gasteiger partial charge in [0.15, 0.2) is 11.0 Å². The normalized spacial score (nSPS) is 19.9. The van der Waals surface area contributed by atoms with E-state index in [2.05, 4.69) is 31.0 Å². The molecule has 0 aliphatic carbocycles. The highest BCUT2D eigenvalue weighted by atomic mass is 32.2. The van der Waals surface area contributed by atoms with Crippen LogP contribution in [0.5, 0.6) is 5.75 Å². The summed E-state index contributed by atoms with van der Waals surface area (Å²) in [7, 11) is 1.65. The van der Waals surface area contributed by atoms with Gasteiger partial charge in [-0.05, 0) is 52.2 Å². The van der Waals surface area contributed by atoms with Crippen molar-refractivity contribution in [3.05, 3.63) is 24.3 Å². The average Bonchev–Trinajstić information content (AvgIpc) is 3.08. The molecule has 0 N–H and O–H groups in total. The number of rotatable bonds is 6. The van der Waals surface area contributed by atoms with Gasteiger partial charge in [-0.1, -0.05) is 23.9 Å². The largest absolute Gasteiger partial charge is 0.496 e. The molecule has 3 rings (SSSR count). The number of ether oxygens (including phenoxy) is 1. The number of carbonyl (C=O) groups excluding carboxylic acids is 1. The molecule has 0 saturated carbocycles. The van der Waals surface area contributed by atoms with Crippen LogP contribution in [0, 0.1) is 0 Å². The van der Waals surface area contributed by atoms with Crippen molar-refractivity contribution in [2.24, 2.45) is 0 Å². The predicted octanol–water partition coefficient (Wildman–Crippen LogP) is 3.86. The van der Waals surface area contributed by atoms with Gasteiger partial charge in [-0.15, -0.1) is 10.2 Å². The van der Waals surface area contributed by atoms with Crippen molar-refractivity contribution in [1.82, 2.24) is 19.7 Å². The van der Waals surface area contributed by atoms with E-state index < -0.39 is 0 Å². The van der Waals surface area contributed by atoms with Crippen LogP contribution in [0.15, 0.2) is 29.4 Å². The van der Waals surface area contributed by atoms with Crippen LogP contribution in [0.25, 0.3) is 11.4 Å². The Bertz CT molecular complexity index is 782. The van der Waals surface area contributed by atoms with Gasteiger partial charge in [-0.25, -0.2) is 0 Å². The number of hydrogen-bond acceptors (Lipinski definition) is 5. The Morgan fingerprint density at radius 1 is 1.22 bits per heavy atom. The minimum absolute atomic E-state index is 0.184. The summed E-state index contributed by atoms with van der Waals surface area (Å²) < 4.78 is 7.50. The number of para-hydroxylation sites is 1. The summed E-state index contributed by atoms with van der Waals surface area (Å²) in [5, 5.41) is 9.48. The fraction of sp³-hybridized carbons (Fsp3) is 0.550. The lowest BCUT2D eigenvalue weighted by molar-refractivity contribution is -0.134. The molecule has 1 aromatic carbocycles. The molecule has 7 heteroatoms. The van der Waals surface area contributed by atoms with Gasteiger partial charge < -0.3 is 14.2 Å². The lowest BCUT2D eigenvalue weighted by Gasteiger charge is -2.39. The molecule has 27 heavy (non-hydrogen) atoms. The van der Waals surface area contributed by atoms with E-state index in [1.165, 1.54) is 18.2 Å². The molecule has 1 saturated heterocycles. The topological polar surface area (TPSA) is 60.2 Å². The molecule has 1 amide bonds. The first kappa shape index (κ1) is 19.7. The van der Waals surface area contributed by atoms with Crippen LogP contribution >= 0.6 is 11.8 Å². The lowest BCUT2D eigenvalue weighted by atomic mass is 9.98. The maximum absolute atomic E-state index is 12.8. The summed E-state index contributed by atoms with van der Waals surface area (Å²) in [6.07, 6.45) is 3.37. The lowest BCUT2D eigenvalue weighted by Crippen LogP contribution is -2.48. The highest BCUT2D eigenvalue weighted by molar-refractivity contribution is 7.99. The maximum Gasteiger partial charge on any atom is 0.233 e. The van der Waals surface area contributed by atoms with Gasteiger partial charge in [0.2, 0.25) is 5.91 Å². The van der Waals surface area contributed by atoms with Gasteiger partial charge in [0.1, 0.15) is 5.75 Å². The van der Waals surface area contributed by atoms with Crippen LogP contribution in [-0.2, 0) is 11.3 Å². The number of nitrogens with zero attached hydrogens (tertiary/aromatic N) is 4. The van der Waals surface area contributed by atoms with E-state index in [9.17, 15) is 4.79 Å². The quantitative estimate of drug-likeness (QED) is 0.704. The number of thioether (sulfide) groups is 1. The van der Waals surface area contributed by atoms with Crippen molar-refractivity contribution in [2.45, 2.75) is 63.8 Å². The molecule has 6 nitrogen and oxygen atoms in total. The van der Waals surface area contributed by atoms with Gasteiger partial charge in [0.05, 0.1) is 18.4 Å². The number of aromatic nitrogens is 3. The van der Waals surface area contributed by atoms with E-state index in [1.807, 2.05) is 33.7 Å². The monoisotopic (exact) mass is 388 g/mol. The Labute approximate surface area is 165 Å². The molecule has 0 radical (unpaired) electrons. The van der Waals surface area contributed by atoms with Crippen molar-refractivity contribution in [3.63, 3.8) is 0 Å². The third-order valence-electron chi connectivity index (χ3n) is 5.19. The zero-order valence-corrected chi connectivity index (χ0v) is 17.3. The number of methoxy groups -OCH3 is 1. The minimum Gasteiger partial charge on any atom is -0.496 e. The van der Waals surface area contributed by atoms with Crippen LogP contribution in [0.4, 0.5) is 0 Å². The predicted molar refractivity (Wildman–Crippen MR) is 108 cm³/mol. The van der Waals surface area contributed by atoms with Crippen LogP contribution < -0.4 is 4.74 Å². The smallest absolute Gasteiger partial charge is 0.233 e. The number of hydrogen-bond donors (Lipinski definition) is 0. The second-order valence-electron chi connectivity index (χ2n) is 6.97. The van der Waals surface area contributed by atoms with Crippen molar-refractivity contribution in [1.29, 1.82) is 0 Å². The number of likely N-dealkylation sites (tertiary alicyclic amines) is 1. The van der Waals surface area contributed by atoms with E-state index in [0.717, 1.165) is 41.7 Å². The van der Waals surface area contributed by atoms with Crippen LogP contribution in [0.3, 0.4) is 0 Å². The number of carbonyl (C=O) groups is 1. The Hall–Kier alpha value is -2.02. The van der Waals surface area contributed by atoms with Gasteiger partial charge in [0, 0.05) is 18.6 Å². The van der Waals surface area contributed by atoms with E-state index in [1.54, 1.807) is 7.11 Å². The minimum atomic E-state index is 0.184. The molecule has 1 aromatic heterocycles. The van der Waals surface area contributed by atoms with E-state index in [-0.39, 0.29) is 5.91 Å². The van der Waals surface area contributed by atoms with Gasteiger partial charge in [0.25, 0.3) is 0 Å². The summed E-state index contributed by atoms with van der Waals surface area (Å²) in [4.78, 5) is 14.8. The summed E-state index contributed by atoms with van der Waals surface area (Å²) in [6, 6.07) is 8.42. The molecular formula is C20H28N4O2S. The molecule has 0 unspecified atom stereocenters. The Morgan fingerprint density at radius 2 is 1.93 bits per heavy atom. The van der Waals surface area contributed by atoms with E-state index >= 15 is 0 Å². The van der Waals surface area contributed by atoms with E-state index in [0.29, 0.717) is 17.8 Å². The summed E-state index contributed by atoms with van der Waals surface area (Å²) in [5.74, 6) is 2.11. The van der Waals surface area contributed by atoms with Crippen molar-refractivity contribution in [2.75, 3.05) is 12.9 Å². The molecule has 2 atom stereocenters. The van der Waals surface area contributed by atoms with E-state index in [4.69, 9.17) is 4.74 Å². The number of piperidine rings is 1. The van der Waals surface area contributed by atoms with Gasteiger partial charge >= 0.3 is 0 Å². The second kappa shape index (κ2) is 8.78. The van der Waals surface area contributed by atoms with Gasteiger partial charge in [-0.3, -0.25) is 4.79 Å². The first-order valence-electron chi connectivity index (χ1n) is 9.57. The molecular weight excluding hydrogens is 360 g/mol. The standard InChI is InChI=1S/C20H28N4O2S/c1-5-23-19(16-11-6-7-12-17(16)26-4)21-22-20(23)27-13-18(25)24-14(2)9-8-10-15(24)3/h6-7,11-12,14-15H,5,8-10,13H2,1-4H3/t14-,15+. The number of amides is 1. The highest BCUT2D eigenvalue weighted by Crippen LogP contribution is 2.31. The average molecular weight is 389 g/mol. The third kappa shape index (κ3) is 4.13. The zero-order chi connectivity index (χ0) is 19.4. The van der Waals surface area contributed by atoms with Crippen molar-refractivity contribution < 1.29 is 9.53 Å². The summed E-state index contributed by atoms with van der Waals surface area (Å²) >= 11 is 1.46. The van der Waals surface area contributed by atoms with Crippen LogP contribution in [0.1, 0.15) is 40.0 Å². The molecule has 0 spiro atoms. The molecule has 2 heterocycles. The van der Waals surface area contributed by atoms with Crippen LogP contribution in [-0.4, -0.2) is 50.5 Å². The zero-order valence-electron chi connectivity index (χ0n) is 16.5. The SMILES string of the molecule is CCn1c(SCC(=O)N2[C@H](C)CCC[C@@H]2C)nnc1-c1ccccc1OC. The van der Waals surface area contributed by atoms with Gasteiger partial charge in [-0.2, -0.15) is 0 Å². The molecule has 146 valence electrons. The molecule has 2 aromatic rings. The molecule has 1 aliphatic rings. The Kier molecular flexibility index (Phi) is 6.42. The molecule has 0 bridgehead atoms. The second-order valence-corrected chi connectivity index (χ2v) is 7.91. The van der Waals surface area contributed by atoms with Crippen LogP contribution in [0.2, 0.25) is 0 Å². The molecule has 1 fully saturated rings. The Morgan fingerprint density at radius 3 is 2.59 bits per heavy atom.